The molecule has 2 nitrogen and oxygen atoms in total. The summed E-state index contributed by atoms with van der Waals surface area (Å²) in [7, 11) is 1.70. The van der Waals surface area contributed by atoms with Crippen LogP contribution in [-0.2, 0) is 0 Å². The molecular weight excluding hydrogens is 212 g/mol. The molecule has 0 aliphatic heterocycles. The Kier molecular flexibility index (Phi) is 3.01. The van der Waals surface area contributed by atoms with Crippen molar-refractivity contribution in [3.05, 3.63) is 59.6 Å². The average Bonchev–Trinajstić information content (AvgIpc) is 2.70. The normalized spacial score (nSPS) is 12.7. The molecule has 2 aromatic rings. The highest BCUT2D eigenvalue weighted by molar-refractivity contribution is 5.27. The predicted octanol–water partition coefficient (Wildman–Crippen LogP) is 2.87. The lowest BCUT2D eigenvalue weighted by Crippen LogP contribution is -2.17. The first-order valence-electron chi connectivity index (χ1n) is 4.87. The third-order valence-electron chi connectivity index (χ3n) is 2.33. The highest BCUT2D eigenvalue weighted by Gasteiger charge is 2.16. The van der Waals surface area contributed by atoms with Crippen LogP contribution in [0.4, 0.5) is 8.78 Å². The average molecular weight is 223 g/mol. The number of hydrogen-bond donors (Lipinski definition) is 1. The molecule has 0 spiro atoms. The van der Waals surface area contributed by atoms with Crippen molar-refractivity contribution in [2.75, 3.05) is 7.05 Å². The van der Waals surface area contributed by atoms with Gasteiger partial charge in [0.25, 0.3) is 0 Å². The fourth-order valence-electron chi connectivity index (χ4n) is 1.67. The maximum atomic E-state index is 13.1. The third-order valence-corrected chi connectivity index (χ3v) is 2.33. The zero-order chi connectivity index (χ0) is 11.5. The van der Waals surface area contributed by atoms with E-state index < -0.39 is 11.6 Å². The quantitative estimate of drug-likeness (QED) is 0.865. The maximum Gasteiger partial charge on any atom is 0.126 e. The number of benzene rings is 1. The van der Waals surface area contributed by atoms with Crippen molar-refractivity contribution in [1.82, 2.24) is 5.32 Å². The van der Waals surface area contributed by atoms with E-state index in [4.69, 9.17) is 4.42 Å². The molecule has 0 saturated heterocycles. The fraction of sp³-hybridized carbons (Fsp3) is 0.167. The molecular formula is C12H11F2NO. The minimum atomic E-state index is -0.596. The van der Waals surface area contributed by atoms with Crippen LogP contribution in [0.2, 0.25) is 0 Å². The number of nitrogens with one attached hydrogen (secondary N) is 1. The van der Waals surface area contributed by atoms with Crippen molar-refractivity contribution in [2.45, 2.75) is 6.04 Å². The zero-order valence-corrected chi connectivity index (χ0v) is 8.71. The maximum absolute atomic E-state index is 13.1. The van der Waals surface area contributed by atoms with Gasteiger partial charge in [0.2, 0.25) is 0 Å². The van der Waals surface area contributed by atoms with Crippen molar-refractivity contribution < 1.29 is 13.2 Å². The summed E-state index contributed by atoms with van der Waals surface area (Å²) in [6.45, 7) is 0. The number of rotatable bonds is 3. The van der Waals surface area contributed by atoms with Gasteiger partial charge in [-0.05, 0) is 36.9 Å². The summed E-state index contributed by atoms with van der Waals surface area (Å²) in [6.07, 6.45) is 1.52. The van der Waals surface area contributed by atoms with E-state index in [1.54, 1.807) is 19.2 Å². The van der Waals surface area contributed by atoms with Gasteiger partial charge in [0.15, 0.2) is 0 Å². The van der Waals surface area contributed by atoms with Crippen LogP contribution in [0.1, 0.15) is 17.4 Å². The van der Waals surface area contributed by atoms with Gasteiger partial charge in [-0.25, -0.2) is 8.78 Å². The van der Waals surface area contributed by atoms with Gasteiger partial charge >= 0.3 is 0 Å². The first kappa shape index (κ1) is 10.8. The molecule has 0 amide bonds. The summed E-state index contributed by atoms with van der Waals surface area (Å²) >= 11 is 0. The minimum Gasteiger partial charge on any atom is -0.467 e. The van der Waals surface area contributed by atoms with E-state index in [2.05, 4.69) is 5.32 Å². The second-order valence-corrected chi connectivity index (χ2v) is 3.44. The van der Waals surface area contributed by atoms with E-state index in [-0.39, 0.29) is 6.04 Å². The Balaban J connectivity index is 2.41. The Bertz CT molecular complexity index is 448. The van der Waals surface area contributed by atoms with Gasteiger partial charge in [-0.1, -0.05) is 0 Å². The molecule has 4 heteroatoms. The van der Waals surface area contributed by atoms with Crippen LogP contribution in [0, 0.1) is 11.6 Å². The van der Waals surface area contributed by atoms with Crippen LogP contribution >= 0.6 is 0 Å². The lowest BCUT2D eigenvalue weighted by Gasteiger charge is -2.14. The Morgan fingerprint density at radius 1 is 1.19 bits per heavy atom. The Morgan fingerprint density at radius 2 is 1.88 bits per heavy atom. The van der Waals surface area contributed by atoms with E-state index in [0.717, 1.165) is 6.07 Å². The van der Waals surface area contributed by atoms with E-state index in [9.17, 15) is 8.78 Å². The van der Waals surface area contributed by atoms with Gasteiger partial charge in [-0.2, -0.15) is 0 Å². The number of hydrogen-bond acceptors (Lipinski definition) is 2. The van der Waals surface area contributed by atoms with Crippen molar-refractivity contribution >= 4 is 0 Å². The molecule has 1 unspecified atom stereocenters. The van der Waals surface area contributed by atoms with Crippen molar-refractivity contribution in [1.29, 1.82) is 0 Å². The fourth-order valence-corrected chi connectivity index (χ4v) is 1.67. The largest absolute Gasteiger partial charge is 0.467 e. The summed E-state index contributed by atoms with van der Waals surface area (Å²) in [6, 6.07) is 6.55. The van der Waals surface area contributed by atoms with Crippen molar-refractivity contribution in [2.24, 2.45) is 0 Å². The molecule has 0 aliphatic carbocycles. The molecule has 2 rings (SSSR count). The van der Waals surface area contributed by atoms with Gasteiger partial charge < -0.3 is 9.73 Å². The highest BCUT2D eigenvalue weighted by atomic mass is 19.1. The van der Waals surface area contributed by atoms with Crippen molar-refractivity contribution in [3.8, 4) is 0 Å². The zero-order valence-electron chi connectivity index (χ0n) is 8.71. The SMILES string of the molecule is CNC(c1cc(F)cc(F)c1)c1ccco1. The molecule has 1 aromatic carbocycles. The van der Waals surface area contributed by atoms with Crippen LogP contribution < -0.4 is 5.32 Å². The summed E-state index contributed by atoms with van der Waals surface area (Å²) in [5.74, 6) is -0.573. The Labute approximate surface area is 91.9 Å². The topological polar surface area (TPSA) is 25.2 Å². The van der Waals surface area contributed by atoms with E-state index >= 15 is 0 Å². The monoisotopic (exact) mass is 223 g/mol. The standard InChI is InChI=1S/C12H11F2NO/c1-15-12(11-3-2-4-16-11)8-5-9(13)7-10(14)6-8/h2-7,12,15H,1H3. The second-order valence-electron chi connectivity index (χ2n) is 3.44. The van der Waals surface area contributed by atoms with E-state index in [1.807, 2.05) is 0 Å². The first-order valence-corrected chi connectivity index (χ1v) is 4.87. The molecule has 16 heavy (non-hydrogen) atoms. The van der Waals surface area contributed by atoms with E-state index in [0.29, 0.717) is 11.3 Å². The molecule has 0 bridgehead atoms. The second kappa shape index (κ2) is 4.45. The molecule has 1 N–H and O–H groups in total. The number of halogens is 2. The summed E-state index contributed by atoms with van der Waals surface area (Å²) in [5, 5.41) is 2.95. The van der Waals surface area contributed by atoms with Crippen LogP contribution in [0.3, 0.4) is 0 Å². The van der Waals surface area contributed by atoms with Crippen LogP contribution in [0.15, 0.2) is 41.0 Å². The van der Waals surface area contributed by atoms with Gasteiger partial charge in [0.05, 0.1) is 12.3 Å². The molecule has 1 aromatic heterocycles. The lowest BCUT2D eigenvalue weighted by atomic mass is 10.0. The van der Waals surface area contributed by atoms with Gasteiger partial charge in [0.1, 0.15) is 17.4 Å². The highest BCUT2D eigenvalue weighted by Crippen LogP contribution is 2.23. The van der Waals surface area contributed by atoms with Crippen LogP contribution in [0.5, 0.6) is 0 Å². The Morgan fingerprint density at radius 3 is 2.38 bits per heavy atom. The van der Waals surface area contributed by atoms with Gasteiger partial charge in [-0.15, -0.1) is 0 Å². The smallest absolute Gasteiger partial charge is 0.126 e. The molecule has 0 fully saturated rings. The van der Waals surface area contributed by atoms with Crippen LogP contribution in [0.25, 0.3) is 0 Å². The number of furan rings is 1. The predicted molar refractivity (Wildman–Crippen MR) is 56.0 cm³/mol. The Hall–Kier alpha value is -1.68. The molecule has 1 atom stereocenters. The molecule has 1 heterocycles. The summed E-state index contributed by atoms with van der Waals surface area (Å²) in [4.78, 5) is 0. The molecule has 84 valence electrons. The van der Waals surface area contributed by atoms with Gasteiger partial charge in [0, 0.05) is 6.07 Å². The minimum absolute atomic E-state index is 0.347. The van der Waals surface area contributed by atoms with Crippen LogP contribution in [-0.4, -0.2) is 7.05 Å². The lowest BCUT2D eigenvalue weighted by molar-refractivity contribution is 0.460. The molecule has 0 aliphatic rings. The third kappa shape index (κ3) is 2.12. The summed E-state index contributed by atoms with van der Waals surface area (Å²) in [5.41, 5.74) is 0.495. The summed E-state index contributed by atoms with van der Waals surface area (Å²) < 4.78 is 31.3. The molecule has 0 saturated carbocycles. The first-order chi connectivity index (χ1) is 7.70. The molecule has 0 radical (unpaired) electrons. The van der Waals surface area contributed by atoms with Gasteiger partial charge in [-0.3, -0.25) is 0 Å². The van der Waals surface area contributed by atoms with Crippen molar-refractivity contribution in [3.63, 3.8) is 0 Å². The van der Waals surface area contributed by atoms with E-state index in [1.165, 1.54) is 18.4 Å².